The molecule has 0 saturated carbocycles. The average molecular weight is 304 g/mol. The second-order valence-electron chi connectivity index (χ2n) is 7.18. The van der Waals surface area contributed by atoms with E-state index in [1.54, 1.807) is 0 Å². The zero-order chi connectivity index (χ0) is 16.4. The predicted octanol–water partition coefficient (Wildman–Crippen LogP) is 3.88. The summed E-state index contributed by atoms with van der Waals surface area (Å²) in [6, 6.07) is 2.20. The third kappa shape index (κ3) is 3.02. The zero-order valence-corrected chi connectivity index (χ0v) is 15.3. The molecule has 0 aromatic carbocycles. The van der Waals surface area contributed by atoms with Crippen LogP contribution in [0.3, 0.4) is 0 Å². The Hall–Kier alpha value is -0.200. The predicted molar refractivity (Wildman–Crippen MR) is 87.5 cm³/mol. The maximum absolute atomic E-state index is 11.6. The van der Waals surface area contributed by atoms with Crippen LogP contribution in [-0.2, 0) is 0 Å². The molecule has 0 amide bonds. The van der Waals surface area contributed by atoms with Gasteiger partial charge < -0.3 is 0 Å². The van der Waals surface area contributed by atoms with Crippen LogP contribution in [0.25, 0.3) is 0 Å². The number of hydrogen-bond acceptors (Lipinski definition) is 4. The number of nitriles is 1. The molecule has 0 saturated heterocycles. The van der Waals surface area contributed by atoms with Crippen LogP contribution in [-0.4, -0.2) is 37.4 Å². The fourth-order valence-corrected chi connectivity index (χ4v) is 8.28. The van der Waals surface area contributed by atoms with Gasteiger partial charge in [0.15, 0.2) is 0 Å². The van der Waals surface area contributed by atoms with Crippen LogP contribution in [0.15, 0.2) is 0 Å². The minimum atomic E-state index is -4.16. The first-order valence-electron chi connectivity index (χ1n) is 7.49. The molecule has 0 fully saturated rings. The van der Waals surface area contributed by atoms with Crippen molar-refractivity contribution in [3.8, 4) is 6.07 Å². The molecule has 0 aliphatic heterocycles. The van der Waals surface area contributed by atoms with Crippen molar-refractivity contribution in [1.82, 2.24) is 4.67 Å². The van der Waals surface area contributed by atoms with E-state index in [9.17, 15) is 9.79 Å². The molecule has 0 atom stereocenters. The molecule has 20 heavy (non-hydrogen) atoms. The van der Waals surface area contributed by atoms with E-state index < -0.39 is 12.4 Å². The second kappa shape index (κ2) is 6.28. The van der Waals surface area contributed by atoms with Crippen LogP contribution in [0.4, 0.5) is 0 Å². The van der Waals surface area contributed by atoms with Gasteiger partial charge in [-0.2, -0.15) is 0 Å². The van der Waals surface area contributed by atoms with Gasteiger partial charge in [-0.05, 0) is 0 Å². The molecular formula is C15H33N2O2P. The van der Waals surface area contributed by atoms with Crippen LogP contribution in [0.5, 0.6) is 0 Å². The van der Waals surface area contributed by atoms with Gasteiger partial charge in [0.1, 0.15) is 0 Å². The Kier molecular flexibility index (Phi) is 6.22. The molecule has 0 unspecified atom stereocenters. The van der Waals surface area contributed by atoms with E-state index in [2.05, 4.69) is 6.07 Å². The van der Waals surface area contributed by atoms with Gasteiger partial charge in [0.2, 0.25) is 0 Å². The van der Waals surface area contributed by atoms with Crippen LogP contribution in [0, 0.1) is 11.3 Å². The standard InChI is InChI=1S/C15H33N2O2P/c1-12(2)17(13(3)4)20(18,19,14(5)6)15(7,8)10-9-11-16/h12-14,18-19H,9-10H2,1-8H3. The zero-order valence-electron chi connectivity index (χ0n) is 14.4. The summed E-state index contributed by atoms with van der Waals surface area (Å²) >= 11 is 0. The van der Waals surface area contributed by atoms with Crippen molar-refractivity contribution in [3.05, 3.63) is 0 Å². The summed E-state index contributed by atoms with van der Waals surface area (Å²) in [7, 11) is -4.16. The Morgan fingerprint density at radius 2 is 1.45 bits per heavy atom. The Balaban J connectivity index is 6.08. The van der Waals surface area contributed by atoms with E-state index in [-0.39, 0.29) is 17.7 Å². The summed E-state index contributed by atoms with van der Waals surface area (Å²) in [4.78, 5) is 23.2. The van der Waals surface area contributed by atoms with Gasteiger partial charge in [-0.25, -0.2) is 0 Å². The topological polar surface area (TPSA) is 67.5 Å². The SMILES string of the molecule is CC(C)N(C(C)C)P(O)(O)(C(C)C)C(C)(C)CCC#N. The van der Waals surface area contributed by atoms with Gasteiger partial charge in [-0.3, -0.25) is 0 Å². The van der Waals surface area contributed by atoms with Crippen LogP contribution < -0.4 is 0 Å². The van der Waals surface area contributed by atoms with Gasteiger partial charge in [0.05, 0.1) is 0 Å². The summed E-state index contributed by atoms with van der Waals surface area (Å²) in [5, 5.41) is 8.16. The fraction of sp³-hybridized carbons (Fsp3) is 0.933. The number of hydrogen-bond donors (Lipinski definition) is 2. The molecule has 0 bridgehead atoms. The van der Waals surface area contributed by atoms with Crippen LogP contribution in [0.1, 0.15) is 68.2 Å². The van der Waals surface area contributed by atoms with Crippen molar-refractivity contribution in [2.24, 2.45) is 0 Å². The van der Waals surface area contributed by atoms with Crippen molar-refractivity contribution < 1.29 is 9.79 Å². The molecule has 0 heterocycles. The number of rotatable bonds is 7. The molecule has 0 rings (SSSR count). The van der Waals surface area contributed by atoms with E-state index in [4.69, 9.17) is 5.26 Å². The summed E-state index contributed by atoms with van der Waals surface area (Å²) in [6.07, 6.45) is 0.825. The van der Waals surface area contributed by atoms with E-state index in [1.165, 1.54) is 0 Å². The molecular weight excluding hydrogens is 271 g/mol. The van der Waals surface area contributed by atoms with Crippen molar-refractivity contribution >= 4 is 7.21 Å². The molecule has 0 aliphatic carbocycles. The van der Waals surface area contributed by atoms with E-state index in [0.717, 1.165) is 0 Å². The molecule has 0 aromatic heterocycles. The van der Waals surface area contributed by atoms with Crippen molar-refractivity contribution in [3.63, 3.8) is 0 Å². The Morgan fingerprint density at radius 1 is 1.05 bits per heavy atom. The van der Waals surface area contributed by atoms with Crippen molar-refractivity contribution in [2.75, 3.05) is 0 Å². The molecule has 120 valence electrons. The maximum atomic E-state index is 11.6. The van der Waals surface area contributed by atoms with Gasteiger partial charge in [0, 0.05) is 0 Å². The van der Waals surface area contributed by atoms with Gasteiger partial charge in [0.25, 0.3) is 0 Å². The van der Waals surface area contributed by atoms with Gasteiger partial charge in [-0.1, -0.05) is 0 Å². The third-order valence-corrected chi connectivity index (χ3v) is 10.8. The first-order valence-corrected chi connectivity index (χ1v) is 9.66. The Labute approximate surface area is 124 Å². The minimum absolute atomic E-state index is 0.0337. The average Bonchev–Trinajstić information content (AvgIpc) is 2.24. The van der Waals surface area contributed by atoms with Crippen LogP contribution in [0.2, 0.25) is 0 Å². The summed E-state index contributed by atoms with van der Waals surface area (Å²) in [5.41, 5.74) is -0.264. The molecule has 0 aromatic rings. The molecule has 4 nitrogen and oxygen atoms in total. The quantitative estimate of drug-likeness (QED) is 0.700. The first-order chi connectivity index (χ1) is 8.83. The van der Waals surface area contributed by atoms with Crippen LogP contribution >= 0.6 is 7.21 Å². The molecule has 0 spiro atoms. The van der Waals surface area contributed by atoms with E-state index in [1.807, 2.05) is 60.1 Å². The first kappa shape index (κ1) is 19.8. The van der Waals surface area contributed by atoms with Crippen molar-refractivity contribution in [2.45, 2.75) is 91.1 Å². The van der Waals surface area contributed by atoms with E-state index in [0.29, 0.717) is 12.8 Å². The molecule has 0 radical (unpaired) electrons. The summed E-state index contributed by atoms with van der Waals surface area (Å²) in [6.45, 7) is 15.5. The monoisotopic (exact) mass is 304 g/mol. The van der Waals surface area contributed by atoms with Gasteiger partial charge >= 0.3 is 124 Å². The van der Waals surface area contributed by atoms with E-state index >= 15 is 0 Å². The molecule has 5 heteroatoms. The van der Waals surface area contributed by atoms with Gasteiger partial charge in [-0.15, -0.1) is 0 Å². The number of nitrogens with zero attached hydrogens (tertiary/aromatic N) is 2. The third-order valence-electron chi connectivity index (χ3n) is 4.47. The Morgan fingerprint density at radius 3 is 1.70 bits per heavy atom. The summed E-state index contributed by atoms with van der Waals surface area (Å²) < 4.78 is 1.90. The normalized spacial score (nSPS) is 15.8. The van der Waals surface area contributed by atoms with Crippen molar-refractivity contribution in [1.29, 1.82) is 5.26 Å². The molecule has 2 N–H and O–H groups in total. The molecule has 0 aliphatic rings. The second-order valence-corrected chi connectivity index (χ2v) is 12.0. The Bertz CT molecular complexity index is 363. The summed E-state index contributed by atoms with van der Waals surface area (Å²) in [5.74, 6) is 0. The fourth-order valence-electron chi connectivity index (χ4n) is 3.36.